The maximum absolute atomic E-state index is 4.27. The summed E-state index contributed by atoms with van der Waals surface area (Å²) in [7, 11) is 0. The molecule has 1 atom stereocenters. The van der Waals surface area contributed by atoms with Crippen LogP contribution in [-0.2, 0) is 0 Å². The molecular formula is C22H40. The second kappa shape index (κ2) is 12.7. The van der Waals surface area contributed by atoms with Crippen LogP contribution in [0, 0.1) is 11.8 Å². The third-order valence-corrected chi connectivity index (χ3v) is 4.45. The summed E-state index contributed by atoms with van der Waals surface area (Å²) in [5.74, 6) is 1.38. The zero-order valence-corrected chi connectivity index (χ0v) is 16.2. The number of hydrogen-bond acceptors (Lipinski definition) is 0. The van der Waals surface area contributed by atoms with E-state index in [2.05, 4.69) is 60.3 Å². The van der Waals surface area contributed by atoms with Crippen LogP contribution in [0.3, 0.4) is 0 Å². The first-order valence-corrected chi connectivity index (χ1v) is 9.41. The summed E-state index contributed by atoms with van der Waals surface area (Å²) in [5.41, 5.74) is 4.36. The maximum Gasteiger partial charge on any atom is -0.0280 e. The molecule has 0 N–H and O–H groups in total. The molecule has 0 radical (unpaired) electrons. The standard InChI is InChI=1S/C22H40/c1-8-10-11-12-13-22(9-2)17-19(5)14-15-20(6)21(7)16-18(3)4/h9,16,18-19H,6,8,10-15,17H2,1-5,7H3/b21-16+,22-9-. The van der Waals surface area contributed by atoms with Crippen LogP contribution in [0.15, 0.2) is 35.5 Å². The van der Waals surface area contributed by atoms with Gasteiger partial charge in [0.1, 0.15) is 0 Å². The van der Waals surface area contributed by atoms with Gasteiger partial charge in [-0.15, -0.1) is 0 Å². The molecular weight excluding hydrogens is 264 g/mol. The van der Waals surface area contributed by atoms with Crippen molar-refractivity contribution in [3.8, 4) is 0 Å². The Kier molecular flexibility index (Phi) is 12.3. The van der Waals surface area contributed by atoms with Crippen LogP contribution < -0.4 is 0 Å². The van der Waals surface area contributed by atoms with E-state index in [4.69, 9.17) is 0 Å². The first kappa shape index (κ1) is 21.2. The van der Waals surface area contributed by atoms with Crippen molar-refractivity contribution in [3.63, 3.8) is 0 Å². The average molecular weight is 305 g/mol. The largest absolute Gasteiger partial charge is 0.0956 e. The third-order valence-electron chi connectivity index (χ3n) is 4.45. The third kappa shape index (κ3) is 10.9. The highest BCUT2D eigenvalue weighted by molar-refractivity contribution is 5.26. The molecule has 0 heteroatoms. The minimum Gasteiger partial charge on any atom is -0.0956 e. The molecule has 0 aliphatic carbocycles. The summed E-state index contributed by atoms with van der Waals surface area (Å²) in [5, 5.41) is 0. The minimum atomic E-state index is 0.618. The van der Waals surface area contributed by atoms with Crippen LogP contribution in [0.1, 0.15) is 92.9 Å². The van der Waals surface area contributed by atoms with E-state index in [0.717, 1.165) is 12.3 Å². The van der Waals surface area contributed by atoms with Crippen LogP contribution in [-0.4, -0.2) is 0 Å². The molecule has 0 saturated heterocycles. The van der Waals surface area contributed by atoms with E-state index in [1.807, 2.05) is 0 Å². The van der Waals surface area contributed by atoms with Crippen LogP contribution in [0.25, 0.3) is 0 Å². The molecule has 22 heavy (non-hydrogen) atoms. The summed E-state index contributed by atoms with van der Waals surface area (Å²) >= 11 is 0. The first-order valence-electron chi connectivity index (χ1n) is 9.41. The zero-order chi connectivity index (χ0) is 17.0. The van der Waals surface area contributed by atoms with Crippen molar-refractivity contribution in [2.75, 3.05) is 0 Å². The van der Waals surface area contributed by atoms with E-state index in [-0.39, 0.29) is 0 Å². The molecule has 0 aliphatic rings. The SMILES string of the molecule is C=C(CCC(C)C/C(=C\C)CCCCCC)/C(C)=C/C(C)C. The second-order valence-corrected chi connectivity index (χ2v) is 7.30. The zero-order valence-electron chi connectivity index (χ0n) is 16.2. The molecule has 0 aromatic heterocycles. The predicted molar refractivity (Wildman–Crippen MR) is 103 cm³/mol. The molecule has 0 aromatic rings. The molecule has 0 amide bonds. The Morgan fingerprint density at radius 1 is 1.05 bits per heavy atom. The van der Waals surface area contributed by atoms with E-state index in [1.54, 1.807) is 5.57 Å². The Labute approximate surface area is 140 Å². The Balaban J connectivity index is 4.10. The highest BCUT2D eigenvalue weighted by Gasteiger charge is 2.07. The van der Waals surface area contributed by atoms with Gasteiger partial charge in [-0.25, -0.2) is 0 Å². The Morgan fingerprint density at radius 3 is 2.27 bits per heavy atom. The second-order valence-electron chi connectivity index (χ2n) is 7.30. The maximum atomic E-state index is 4.27. The summed E-state index contributed by atoms with van der Waals surface area (Å²) in [6, 6.07) is 0. The van der Waals surface area contributed by atoms with Gasteiger partial charge < -0.3 is 0 Å². The van der Waals surface area contributed by atoms with Crippen molar-refractivity contribution < 1.29 is 0 Å². The van der Waals surface area contributed by atoms with Crippen molar-refractivity contribution in [2.45, 2.75) is 92.9 Å². The normalized spacial score (nSPS) is 14.5. The molecule has 0 saturated carbocycles. The van der Waals surface area contributed by atoms with E-state index in [1.165, 1.54) is 56.1 Å². The quantitative estimate of drug-likeness (QED) is 0.195. The summed E-state index contributed by atoms with van der Waals surface area (Å²) < 4.78 is 0. The van der Waals surface area contributed by atoms with Gasteiger partial charge in [0, 0.05) is 0 Å². The fourth-order valence-electron chi connectivity index (χ4n) is 2.93. The van der Waals surface area contributed by atoms with Gasteiger partial charge in [-0.05, 0) is 57.8 Å². The Morgan fingerprint density at radius 2 is 1.73 bits per heavy atom. The molecule has 0 aromatic carbocycles. The fourth-order valence-corrected chi connectivity index (χ4v) is 2.93. The molecule has 0 fully saturated rings. The molecule has 0 aliphatic heterocycles. The van der Waals surface area contributed by atoms with E-state index < -0.39 is 0 Å². The van der Waals surface area contributed by atoms with Gasteiger partial charge in [0.25, 0.3) is 0 Å². The molecule has 128 valence electrons. The Bertz CT molecular complexity index is 354. The van der Waals surface area contributed by atoms with Crippen molar-refractivity contribution in [1.29, 1.82) is 0 Å². The van der Waals surface area contributed by atoms with Gasteiger partial charge >= 0.3 is 0 Å². The lowest BCUT2D eigenvalue weighted by atomic mass is 9.90. The molecule has 0 rings (SSSR count). The van der Waals surface area contributed by atoms with Crippen molar-refractivity contribution >= 4 is 0 Å². The highest BCUT2D eigenvalue weighted by atomic mass is 14.1. The van der Waals surface area contributed by atoms with Crippen LogP contribution >= 0.6 is 0 Å². The smallest absolute Gasteiger partial charge is 0.0280 e. The van der Waals surface area contributed by atoms with Gasteiger partial charge in [0.15, 0.2) is 0 Å². The van der Waals surface area contributed by atoms with Crippen LogP contribution in [0.5, 0.6) is 0 Å². The topological polar surface area (TPSA) is 0 Å². The van der Waals surface area contributed by atoms with Crippen LogP contribution in [0.2, 0.25) is 0 Å². The van der Waals surface area contributed by atoms with Gasteiger partial charge in [-0.2, -0.15) is 0 Å². The van der Waals surface area contributed by atoms with Crippen LogP contribution in [0.4, 0.5) is 0 Å². The first-order chi connectivity index (χ1) is 10.4. The van der Waals surface area contributed by atoms with Crippen molar-refractivity contribution in [2.24, 2.45) is 11.8 Å². The van der Waals surface area contributed by atoms with Gasteiger partial charge in [0.05, 0.1) is 0 Å². The number of hydrogen-bond donors (Lipinski definition) is 0. The van der Waals surface area contributed by atoms with Crippen molar-refractivity contribution in [3.05, 3.63) is 35.5 Å². The van der Waals surface area contributed by atoms with E-state index in [9.17, 15) is 0 Å². The lowest BCUT2D eigenvalue weighted by Gasteiger charge is -2.16. The highest BCUT2D eigenvalue weighted by Crippen LogP contribution is 2.24. The summed E-state index contributed by atoms with van der Waals surface area (Å²) in [6.07, 6.45) is 15.1. The summed E-state index contributed by atoms with van der Waals surface area (Å²) in [4.78, 5) is 0. The predicted octanol–water partition coefficient (Wildman–Crippen LogP) is 7.87. The fraction of sp³-hybridized carbons (Fsp3) is 0.727. The van der Waals surface area contributed by atoms with Gasteiger partial charge in [-0.1, -0.05) is 82.4 Å². The van der Waals surface area contributed by atoms with E-state index >= 15 is 0 Å². The van der Waals surface area contributed by atoms with E-state index in [0.29, 0.717) is 5.92 Å². The minimum absolute atomic E-state index is 0.618. The van der Waals surface area contributed by atoms with Gasteiger partial charge in [-0.3, -0.25) is 0 Å². The molecule has 0 spiro atoms. The lowest BCUT2D eigenvalue weighted by Crippen LogP contribution is -1.99. The molecule has 0 nitrogen and oxygen atoms in total. The van der Waals surface area contributed by atoms with Gasteiger partial charge in [0.2, 0.25) is 0 Å². The number of rotatable bonds is 12. The number of allylic oxidation sites excluding steroid dienone is 5. The molecule has 0 bridgehead atoms. The average Bonchev–Trinajstić information content (AvgIpc) is 2.47. The summed E-state index contributed by atoms with van der Waals surface area (Å²) in [6.45, 7) is 17.8. The number of unbranched alkanes of at least 4 members (excludes halogenated alkanes) is 3. The Hall–Kier alpha value is -0.780. The lowest BCUT2D eigenvalue weighted by molar-refractivity contribution is 0.514. The monoisotopic (exact) mass is 304 g/mol. The molecule has 1 unspecified atom stereocenters. The molecule has 0 heterocycles. The van der Waals surface area contributed by atoms with Crippen molar-refractivity contribution in [1.82, 2.24) is 0 Å².